The van der Waals surface area contributed by atoms with Gasteiger partial charge in [0.05, 0.1) is 11.8 Å². The first-order chi connectivity index (χ1) is 10.6. The first-order valence-electron chi connectivity index (χ1n) is 7.26. The Morgan fingerprint density at radius 1 is 1.41 bits per heavy atom. The summed E-state index contributed by atoms with van der Waals surface area (Å²) in [6, 6.07) is 7.91. The quantitative estimate of drug-likeness (QED) is 0.804. The minimum absolute atomic E-state index is 0.000356. The van der Waals surface area contributed by atoms with E-state index in [0.29, 0.717) is 10.2 Å². The lowest BCUT2D eigenvalue weighted by atomic mass is 10.2. The van der Waals surface area contributed by atoms with Gasteiger partial charge in [0, 0.05) is 16.1 Å². The minimum atomic E-state index is -0.168. The molecule has 0 saturated carbocycles. The Bertz CT molecular complexity index is 897. The molecular weight excluding hydrogens is 298 g/mol. The van der Waals surface area contributed by atoms with Crippen LogP contribution in [0.3, 0.4) is 0 Å². The lowest BCUT2D eigenvalue weighted by Gasteiger charge is -2.11. The first-order valence-corrected chi connectivity index (χ1v) is 8.08. The first kappa shape index (κ1) is 14.7. The molecule has 5 nitrogen and oxygen atoms in total. The van der Waals surface area contributed by atoms with Crippen LogP contribution in [-0.4, -0.2) is 21.5 Å². The van der Waals surface area contributed by atoms with Crippen LogP contribution in [0, 0.1) is 0 Å². The SMILES string of the molecule is CC[C@@H](C)NC(=O)Cn1cnc2c(sc3ccccc32)c1=O. The van der Waals surface area contributed by atoms with Crippen molar-refractivity contribution in [1.29, 1.82) is 0 Å². The molecule has 114 valence electrons. The Morgan fingerprint density at radius 2 is 2.18 bits per heavy atom. The standard InChI is InChI=1S/C16H17N3O2S/c1-3-10(2)18-13(20)8-19-9-17-14-11-6-4-5-7-12(11)22-15(14)16(19)21/h4-7,9-10H,3,8H2,1-2H3,(H,18,20)/t10-/m1/s1. The lowest BCUT2D eigenvalue weighted by molar-refractivity contribution is -0.122. The fourth-order valence-corrected chi connectivity index (χ4v) is 3.41. The molecule has 0 saturated heterocycles. The number of hydrogen-bond donors (Lipinski definition) is 1. The largest absolute Gasteiger partial charge is 0.352 e. The molecule has 3 rings (SSSR count). The molecule has 0 fully saturated rings. The van der Waals surface area contributed by atoms with Gasteiger partial charge in [-0.3, -0.25) is 14.2 Å². The Labute approximate surface area is 131 Å². The van der Waals surface area contributed by atoms with Gasteiger partial charge < -0.3 is 5.32 Å². The smallest absolute Gasteiger partial charge is 0.271 e. The number of aromatic nitrogens is 2. The van der Waals surface area contributed by atoms with Gasteiger partial charge in [-0.05, 0) is 19.4 Å². The molecule has 0 aliphatic heterocycles. The summed E-state index contributed by atoms with van der Waals surface area (Å²) in [6.45, 7) is 3.94. The van der Waals surface area contributed by atoms with Crippen molar-refractivity contribution in [2.24, 2.45) is 0 Å². The lowest BCUT2D eigenvalue weighted by Crippen LogP contribution is -2.37. The van der Waals surface area contributed by atoms with Gasteiger partial charge in [-0.2, -0.15) is 0 Å². The third-order valence-electron chi connectivity index (χ3n) is 3.68. The van der Waals surface area contributed by atoms with E-state index in [1.165, 1.54) is 22.2 Å². The molecule has 0 bridgehead atoms. The maximum atomic E-state index is 12.5. The summed E-state index contributed by atoms with van der Waals surface area (Å²) >= 11 is 1.42. The molecular formula is C16H17N3O2S. The molecule has 0 aliphatic carbocycles. The predicted molar refractivity (Wildman–Crippen MR) is 89.3 cm³/mol. The van der Waals surface area contributed by atoms with Crippen LogP contribution in [0.25, 0.3) is 20.3 Å². The number of nitrogens with zero attached hydrogens (tertiary/aromatic N) is 2. The summed E-state index contributed by atoms with van der Waals surface area (Å²) in [6.07, 6.45) is 2.31. The van der Waals surface area contributed by atoms with Crippen LogP contribution in [0.2, 0.25) is 0 Å². The number of fused-ring (bicyclic) bond motifs is 3. The van der Waals surface area contributed by atoms with Crippen LogP contribution >= 0.6 is 11.3 Å². The second kappa shape index (κ2) is 5.88. The average molecular weight is 315 g/mol. The Morgan fingerprint density at radius 3 is 2.95 bits per heavy atom. The second-order valence-electron chi connectivity index (χ2n) is 5.33. The van der Waals surface area contributed by atoms with Crippen molar-refractivity contribution in [3.05, 3.63) is 40.9 Å². The number of hydrogen-bond acceptors (Lipinski definition) is 4. The van der Waals surface area contributed by atoms with Gasteiger partial charge in [0.15, 0.2) is 0 Å². The fourth-order valence-electron chi connectivity index (χ4n) is 2.31. The van der Waals surface area contributed by atoms with Crippen molar-refractivity contribution in [3.63, 3.8) is 0 Å². The number of carbonyl (C=O) groups excluding carboxylic acids is 1. The number of benzene rings is 1. The maximum absolute atomic E-state index is 12.5. The number of thiophene rings is 1. The second-order valence-corrected chi connectivity index (χ2v) is 6.38. The van der Waals surface area contributed by atoms with E-state index in [4.69, 9.17) is 0 Å². The summed E-state index contributed by atoms with van der Waals surface area (Å²) in [5.74, 6) is -0.168. The van der Waals surface area contributed by atoms with Gasteiger partial charge in [0.1, 0.15) is 11.2 Å². The van der Waals surface area contributed by atoms with E-state index in [2.05, 4.69) is 10.3 Å². The van der Waals surface area contributed by atoms with E-state index in [0.717, 1.165) is 16.5 Å². The van der Waals surface area contributed by atoms with Crippen molar-refractivity contribution in [2.45, 2.75) is 32.9 Å². The van der Waals surface area contributed by atoms with Crippen LogP contribution in [0.15, 0.2) is 35.4 Å². The van der Waals surface area contributed by atoms with E-state index in [1.54, 1.807) is 0 Å². The third-order valence-corrected chi connectivity index (χ3v) is 4.83. The van der Waals surface area contributed by atoms with Gasteiger partial charge in [-0.25, -0.2) is 4.98 Å². The molecule has 0 aliphatic rings. The van der Waals surface area contributed by atoms with Crippen molar-refractivity contribution in [3.8, 4) is 0 Å². The molecule has 3 aromatic rings. The molecule has 6 heteroatoms. The monoisotopic (exact) mass is 315 g/mol. The molecule has 1 aromatic carbocycles. The third kappa shape index (κ3) is 2.62. The van der Waals surface area contributed by atoms with E-state index in [-0.39, 0.29) is 24.1 Å². The average Bonchev–Trinajstić information content (AvgIpc) is 2.89. The summed E-state index contributed by atoms with van der Waals surface area (Å²) in [5.41, 5.74) is 0.551. The van der Waals surface area contributed by atoms with Crippen molar-refractivity contribution >= 4 is 37.5 Å². The minimum Gasteiger partial charge on any atom is -0.352 e. The van der Waals surface area contributed by atoms with E-state index in [9.17, 15) is 9.59 Å². The highest BCUT2D eigenvalue weighted by Gasteiger charge is 2.13. The van der Waals surface area contributed by atoms with E-state index < -0.39 is 0 Å². The highest BCUT2D eigenvalue weighted by Crippen LogP contribution is 2.29. The van der Waals surface area contributed by atoms with Gasteiger partial charge >= 0.3 is 0 Å². The van der Waals surface area contributed by atoms with E-state index >= 15 is 0 Å². The van der Waals surface area contributed by atoms with Crippen molar-refractivity contribution in [2.75, 3.05) is 0 Å². The molecule has 0 radical (unpaired) electrons. The number of amides is 1. The number of rotatable bonds is 4. The zero-order valence-electron chi connectivity index (χ0n) is 12.5. The topological polar surface area (TPSA) is 64.0 Å². The van der Waals surface area contributed by atoms with E-state index in [1.807, 2.05) is 38.1 Å². The van der Waals surface area contributed by atoms with Crippen LogP contribution in [0.4, 0.5) is 0 Å². The highest BCUT2D eigenvalue weighted by molar-refractivity contribution is 7.25. The van der Waals surface area contributed by atoms with Crippen molar-refractivity contribution in [1.82, 2.24) is 14.9 Å². The van der Waals surface area contributed by atoms with Gasteiger partial charge in [-0.15, -0.1) is 11.3 Å². The fraction of sp³-hybridized carbons (Fsp3) is 0.312. The summed E-state index contributed by atoms with van der Waals surface area (Å²) < 4.78 is 3.00. The molecule has 22 heavy (non-hydrogen) atoms. The van der Waals surface area contributed by atoms with Gasteiger partial charge in [-0.1, -0.05) is 25.1 Å². The van der Waals surface area contributed by atoms with Crippen LogP contribution in [0.5, 0.6) is 0 Å². The molecule has 2 aromatic heterocycles. The molecule has 0 unspecified atom stereocenters. The van der Waals surface area contributed by atoms with Gasteiger partial charge in [0.2, 0.25) is 5.91 Å². The van der Waals surface area contributed by atoms with Crippen LogP contribution in [0.1, 0.15) is 20.3 Å². The zero-order valence-corrected chi connectivity index (χ0v) is 13.3. The molecule has 1 atom stereocenters. The summed E-state index contributed by atoms with van der Waals surface area (Å²) in [5, 5.41) is 3.84. The van der Waals surface area contributed by atoms with Crippen LogP contribution in [-0.2, 0) is 11.3 Å². The van der Waals surface area contributed by atoms with Crippen LogP contribution < -0.4 is 10.9 Å². The zero-order chi connectivity index (χ0) is 15.7. The van der Waals surface area contributed by atoms with Gasteiger partial charge in [0.25, 0.3) is 5.56 Å². The molecule has 2 heterocycles. The number of nitrogens with one attached hydrogen (secondary N) is 1. The maximum Gasteiger partial charge on any atom is 0.271 e. The normalized spacial score (nSPS) is 12.6. The highest BCUT2D eigenvalue weighted by atomic mass is 32.1. The summed E-state index contributed by atoms with van der Waals surface area (Å²) in [7, 11) is 0. The molecule has 1 N–H and O–H groups in total. The van der Waals surface area contributed by atoms with Crippen molar-refractivity contribution < 1.29 is 4.79 Å². The predicted octanol–water partition coefficient (Wildman–Crippen LogP) is 2.53. The Balaban J connectivity index is 1.98. The molecule has 0 spiro atoms. The Kier molecular flexibility index (Phi) is 3.94. The summed E-state index contributed by atoms with van der Waals surface area (Å²) in [4.78, 5) is 28.9. The Hall–Kier alpha value is -2.21. The number of carbonyl (C=O) groups is 1. The molecule has 1 amide bonds.